The van der Waals surface area contributed by atoms with E-state index in [4.69, 9.17) is 11.6 Å². The van der Waals surface area contributed by atoms with E-state index in [1.54, 1.807) is 0 Å². The van der Waals surface area contributed by atoms with Crippen molar-refractivity contribution in [2.45, 2.75) is 31.5 Å². The highest BCUT2D eigenvalue weighted by Crippen LogP contribution is 2.34. The topological polar surface area (TPSA) is 32.3 Å². The molecular weight excluding hydrogens is 296 g/mol. The maximum Gasteiger partial charge on any atom is 0.151 e. The number of fused-ring (bicyclic) bond motifs is 2. The number of benzene rings is 1. The van der Waals surface area contributed by atoms with E-state index in [0.29, 0.717) is 17.2 Å². The van der Waals surface area contributed by atoms with Crippen LogP contribution in [0.25, 0.3) is 0 Å². The molecule has 2 aliphatic heterocycles. The molecule has 2 bridgehead atoms. The lowest BCUT2D eigenvalue weighted by Crippen LogP contribution is -2.53. The van der Waals surface area contributed by atoms with E-state index in [-0.39, 0.29) is 0 Å². The van der Waals surface area contributed by atoms with Gasteiger partial charge in [-0.3, -0.25) is 4.90 Å². The maximum absolute atomic E-state index is 5.85. The molecule has 0 unspecified atom stereocenters. The maximum atomic E-state index is 5.85. The molecule has 4 nitrogen and oxygen atoms in total. The molecule has 2 atom stereocenters. The average Bonchev–Trinajstić information content (AvgIpc) is 2.80. The summed E-state index contributed by atoms with van der Waals surface area (Å²) in [5, 5.41) is 8.73. The summed E-state index contributed by atoms with van der Waals surface area (Å²) in [6, 6.07) is 15.6. The van der Waals surface area contributed by atoms with Crippen molar-refractivity contribution in [2.75, 3.05) is 18.0 Å². The minimum Gasteiger partial charge on any atom is -0.347 e. The standard InChI is InChI=1S/C17H19ClN4/c18-16-8-9-17(20-19-16)22-14-6-7-15(22)12-21(11-14)10-13-4-2-1-3-5-13/h1-5,8-9,14-15H,6-7,10-12H2/t14-,15+. The lowest BCUT2D eigenvalue weighted by Gasteiger charge is -2.41. The molecule has 1 aromatic heterocycles. The Hall–Kier alpha value is -1.65. The van der Waals surface area contributed by atoms with Gasteiger partial charge in [0.25, 0.3) is 0 Å². The Morgan fingerprint density at radius 3 is 2.32 bits per heavy atom. The van der Waals surface area contributed by atoms with E-state index in [2.05, 4.69) is 50.3 Å². The van der Waals surface area contributed by atoms with Crippen molar-refractivity contribution >= 4 is 17.4 Å². The van der Waals surface area contributed by atoms with Crippen molar-refractivity contribution in [1.29, 1.82) is 0 Å². The molecule has 2 fully saturated rings. The van der Waals surface area contributed by atoms with Gasteiger partial charge in [0, 0.05) is 31.7 Å². The number of hydrogen-bond acceptors (Lipinski definition) is 4. The van der Waals surface area contributed by atoms with Gasteiger partial charge in [0.05, 0.1) is 0 Å². The monoisotopic (exact) mass is 314 g/mol. The van der Waals surface area contributed by atoms with Crippen molar-refractivity contribution in [3.8, 4) is 0 Å². The third-order valence-electron chi connectivity index (χ3n) is 4.69. The smallest absolute Gasteiger partial charge is 0.151 e. The molecule has 2 saturated heterocycles. The average molecular weight is 315 g/mol. The molecule has 0 spiro atoms. The third kappa shape index (κ3) is 2.69. The van der Waals surface area contributed by atoms with E-state index in [9.17, 15) is 0 Å². The number of nitrogens with zero attached hydrogens (tertiary/aromatic N) is 4. The summed E-state index contributed by atoms with van der Waals surface area (Å²) >= 11 is 5.85. The molecule has 3 heterocycles. The van der Waals surface area contributed by atoms with Gasteiger partial charge in [0.2, 0.25) is 0 Å². The van der Waals surface area contributed by atoms with Crippen LogP contribution in [0.2, 0.25) is 5.15 Å². The van der Waals surface area contributed by atoms with Gasteiger partial charge < -0.3 is 4.90 Å². The summed E-state index contributed by atoms with van der Waals surface area (Å²) in [6.07, 6.45) is 2.47. The number of likely N-dealkylation sites (tertiary alicyclic amines) is 1. The molecular formula is C17H19ClN4. The summed E-state index contributed by atoms with van der Waals surface area (Å²) in [5.74, 6) is 0.969. The summed E-state index contributed by atoms with van der Waals surface area (Å²) in [7, 11) is 0. The normalized spacial score (nSPS) is 24.7. The molecule has 0 aliphatic carbocycles. The zero-order valence-electron chi connectivity index (χ0n) is 12.4. The second kappa shape index (κ2) is 5.86. The quantitative estimate of drug-likeness (QED) is 0.872. The molecule has 1 aromatic carbocycles. The van der Waals surface area contributed by atoms with Crippen LogP contribution in [0.3, 0.4) is 0 Å². The van der Waals surface area contributed by atoms with Crippen LogP contribution < -0.4 is 4.90 Å². The minimum absolute atomic E-state index is 0.457. The van der Waals surface area contributed by atoms with Gasteiger partial charge in [-0.25, -0.2) is 0 Å². The van der Waals surface area contributed by atoms with Crippen molar-refractivity contribution in [1.82, 2.24) is 15.1 Å². The van der Waals surface area contributed by atoms with Crippen LogP contribution in [0.4, 0.5) is 5.82 Å². The van der Waals surface area contributed by atoms with E-state index in [1.165, 1.54) is 18.4 Å². The molecule has 0 N–H and O–H groups in total. The highest BCUT2D eigenvalue weighted by Gasteiger charge is 2.40. The summed E-state index contributed by atoms with van der Waals surface area (Å²) in [5.41, 5.74) is 1.39. The highest BCUT2D eigenvalue weighted by atomic mass is 35.5. The Balaban J connectivity index is 1.48. The van der Waals surface area contributed by atoms with Crippen LogP contribution in [0.1, 0.15) is 18.4 Å². The van der Waals surface area contributed by atoms with Gasteiger partial charge in [0.1, 0.15) is 0 Å². The van der Waals surface area contributed by atoms with Crippen LogP contribution in [0.5, 0.6) is 0 Å². The first-order valence-electron chi connectivity index (χ1n) is 7.83. The SMILES string of the molecule is Clc1ccc(N2[C@@H]3CC[C@H]2CN(Cc2ccccc2)C3)nn1. The summed E-state index contributed by atoms with van der Waals surface area (Å²) in [6.45, 7) is 3.22. The lowest BCUT2D eigenvalue weighted by molar-refractivity contribution is 0.211. The van der Waals surface area contributed by atoms with Gasteiger partial charge in [-0.15, -0.1) is 10.2 Å². The predicted molar refractivity (Wildman–Crippen MR) is 88.1 cm³/mol. The van der Waals surface area contributed by atoms with Crippen molar-refractivity contribution < 1.29 is 0 Å². The van der Waals surface area contributed by atoms with Crippen molar-refractivity contribution in [3.63, 3.8) is 0 Å². The number of aromatic nitrogens is 2. The number of halogens is 1. The Morgan fingerprint density at radius 1 is 0.955 bits per heavy atom. The molecule has 0 saturated carbocycles. The van der Waals surface area contributed by atoms with E-state index in [1.807, 2.05) is 12.1 Å². The third-order valence-corrected chi connectivity index (χ3v) is 4.89. The molecule has 0 radical (unpaired) electrons. The van der Waals surface area contributed by atoms with Crippen LogP contribution in [-0.2, 0) is 6.54 Å². The number of hydrogen-bond donors (Lipinski definition) is 0. The van der Waals surface area contributed by atoms with Crippen molar-refractivity contribution in [3.05, 3.63) is 53.2 Å². The van der Waals surface area contributed by atoms with Gasteiger partial charge >= 0.3 is 0 Å². The molecule has 5 heteroatoms. The van der Waals surface area contributed by atoms with E-state index < -0.39 is 0 Å². The lowest BCUT2D eigenvalue weighted by atomic mass is 10.1. The molecule has 2 aliphatic rings. The molecule has 114 valence electrons. The summed E-state index contributed by atoms with van der Waals surface area (Å²) in [4.78, 5) is 5.02. The number of piperazine rings is 1. The largest absolute Gasteiger partial charge is 0.347 e. The van der Waals surface area contributed by atoms with Crippen LogP contribution in [-0.4, -0.2) is 40.3 Å². The van der Waals surface area contributed by atoms with E-state index in [0.717, 1.165) is 25.5 Å². The Kier molecular flexibility index (Phi) is 3.72. The van der Waals surface area contributed by atoms with Crippen molar-refractivity contribution in [2.24, 2.45) is 0 Å². The second-order valence-electron chi connectivity index (χ2n) is 6.19. The first-order chi connectivity index (χ1) is 10.8. The zero-order chi connectivity index (χ0) is 14.9. The highest BCUT2D eigenvalue weighted by molar-refractivity contribution is 6.29. The molecule has 2 aromatic rings. The Bertz CT molecular complexity index is 617. The van der Waals surface area contributed by atoms with Gasteiger partial charge in [-0.05, 0) is 30.5 Å². The second-order valence-corrected chi connectivity index (χ2v) is 6.57. The number of rotatable bonds is 3. The molecule has 0 amide bonds. The zero-order valence-corrected chi connectivity index (χ0v) is 13.2. The van der Waals surface area contributed by atoms with E-state index >= 15 is 0 Å². The summed E-state index contributed by atoms with van der Waals surface area (Å²) < 4.78 is 0. The number of anilines is 1. The van der Waals surface area contributed by atoms with Crippen LogP contribution >= 0.6 is 11.6 Å². The Morgan fingerprint density at radius 2 is 1.68 bits per heavy atom. The van der Waals surface area contributed by atoms with Crippen LogP contribution in [0, 0.1) is 0 Å². The molecule has 22 heavy (non-hydrogen) atoms. The van der Waals surface area contributed by atoms with Gasteiger partial charge in [-0.1, -0.05) is 41.9 Å². The fourth-order valence-corrected chi connectivity index (χ4v) is 3.88. The fourth-order valence-electron chi connectivity index (χ4n) is 3.78. The predicted octanol–water partition coefficient (Wildman–Crippen LogP) is 2.98. The van der Waals surface area contributed by atoms with Crippen LogP contribution in [0.15, 0.2) is 42.5 Å². The first-order valence-corrected chi connectivity index (χ1v) is 8.21. The minimum atomic E-state index is 0.457. The fraction of sp³-hybridized carbons (Fsp3) is 0.412. The van der Waals surface area contributed by atoms with Gasteiger partial charge in [0.15, 0.2) is 11.0 Å². The molecule has 4 rings (SSSR count). The van der Waals surface area contributed by atoms with Gasteiger partial charge in [-0.2, -0.15) is 0 Å². The first kappa shape index (κ1) is 14.0. The Labute approximate surface area is 135 Å².